The van der Waals surface area contributed by atoms with E-state index in [0.29, 0.717) is 31.7 Å². The molecule has 3 unspecified atom stereocenters. The molecule has 3 fully saturated rings. The van der Waals surface area contributed by atoms with Crippen molar-refractivity contribution < 1.29 is 19.1 Å². The summed E-state index contributed by atoms with van der Waals surface area (Å²) in [4.78, 5) is 30.7. The van der Waals surface area contributed by atoms with Crippen LogP contribution in [0.4, 0.5) is 0 Å². The summed E-state index contributed by atoms with van der Waals surface area (Å²) in [6.45, 7) is 6.47. The van der Waals surface area contributed by atoms with Gasteiger partial charge >= 0.3 is 0 Å². The van der Waals surface area contributed by atoms with Gasteiger partial charge in [0.05, 0.1) is 25.2 Å². The summed E-state index contributed by atoms with van der Waals surface area (Å²) in [5.41, 5.74) is 3.04. The van der Waals surface area contributed by atoms with Crippen molar-refractivity contribution in [2.45, 2.75) is 25.3 Å². The van der Waals surface area contributed by atoms with E-state index in [1.54, 1.807) is 0 Å². The molecule has 7 heteroatoms. The number of carbonyl (C=O) groups excluding carboxylic acids is 2. The number of rotatable bonds is 7. The molecule has 4 aliphatic rings. The first-order chi connectivity index (χ1) is 17.7. The molecule has 0 bridgehead atoms. The number of hydrogen-bond donors (Lipinski definition) is 1. The van der Waals surface area contributed by atoms with Crippen LogP contribution in [0, 0.1) is 17.8 Å². The molecule has 0 spiro atoms. The van der Waals surface area contributed by atoms with Crippen LogP contribution < -0.4 is 10.1 Å². The Bertz CT molecular complexity index is 1090. The number of amides is 2. The minimum absolute atomic E-state index is 0.000196. The second-order valence-corrected chi connectivity index (χ2v) is 10.7. The highest BCUT2D eigenvalue weighted by Crippen LogP contribution is 2.35. The number of nitrogens with one attached hydrogen (secondary N) is 1. The van der Waals surface area contributed by atoms with Crippen molar-refractivity contribution in [2.75, 3.05) is 52.5 Å². The lowest BCUT2D eigenvalue weighted by molar-refractivity contribution is -0.125. The van der Waals surface area contributed by atoms with Crippen molar-refractivity contribution in [1.29, 1.82) is 0 Å². The highest BCUT2D eigenvalue weighted by atomic mass is 16.5. The standard InChI is InChI=1S/C29H35N3O4/c33-28(21-10-13-35-19-21)30-26(20-5-2-1-3-6-20)9-12-31-15-22-17-32(18-23(22)16-31)29(34)25-7-4-8-27-24(25)11-14-36-27/h1-8,21-23,26H,9-19H2,(H,30,33)/t21?,22?,23?,26-/m0/s1. The molecule has 0 saturated carbocycles. The van der Waals surface area contributed by atoms with Crippen LogP contribution in [-0.2, 0) is 16.0 Å². The van der Waals surface area contributed by atoms with Gasteiger partial charge in [-0.25, -0.2) is 0 Å². The average Bonchev–Trinajstić information content (AvgIpc) is 3.70. The highest BCUT2D eigenvalue weighted by molar-refractivity contribution is 5.96. The second-order valence-electron chi connectivity index (χ2n) is 10.7. The average molecular weight is 490 g/mol. The van der Waals surface area contributed by atoms with E-state index in [-0.39, 0.29) is 23.8 Å². The molecule has 4 aliphatic heterocycles. The molecule has 6 rings (SSSR count). The van der Waals surface area contributed by atoms with Crippen LogP contribution in [0.25, 0.3) is 0 Å². The maximum atomic E-state index is 13.3. The first-order valence-corrected chi connectivity index (χ1v) is 13.3. The Kier molecular flexibility index (Phi) is 6.67. The van der Waals surface area contributed by atoms with E-state index >= 15 is 0 Å². The molecule has 2 aromatic carbocycles. The predicted molar refractivity (Wildman–Crippen MR) is 136 cm³/mol. The third kappa shape index (κ3) is 4.74. The van der Waals surface area contributed by atoms with E-state index in [1.165, 1.54) is 0 Å². The van der Waals surface area contributed by atoms with Crippen molar-refractivity contribution in [2.24, 2.45) is 17.8 Å². The topological polar surface area (TPSA) is 71.1 Å². The summed E-state index contributed by atoms with van der Waals surface area (Å²) in [5, 5.41) is 3.30. The number of carbonyl (C=O) groups is 2. The number of hydrogen-bond acceptors (Lipinski definition) is 5. The van der Waals surface area contributed by atoms with Gasteiger partial charge in [0.25, 0.3) is 5.91 Å². The molecule has 2 amide bonds. The summed E-state index contributed by atoms with van der Waals surface area (Å²) in [5.74, 6) is 2.12. The Hall–Kier alpha value is -2.90. The van der Waals surface area contributed by atoms with Crippen molar-refractivity contribution in [1.82, 2.24) is 15.1 Å². The predicted octanol–water partition coefficient (Wildman–Crippen LogP) is 2.91. The van der Waals surface area contributed by atoms with Gasteiger partial charge in [0, 0.05) is 56.9 Å². The lowest BCUT2D eigenvalue weighted by atomic mass is 10.0. The third-order valence-electron chi connectivity index (χ3n) is 8.38. The van der Waals surface area contributed by atoms with E-state index in [0.717, 1.165) is 74.4 Å². The monoisotopic (exact) mass is 489 g/mol. The Labute approximate surface area is 212 Å². The molecule has 190 valence electrons. The van der Waals surface area contributed by atoms with Crippen LogP contribution in [0.1, 0.15) is 40.4 Å². The van der Waals surface area contributed by atoms with Crippen LogP contribution in [0.5, 0.6) is 5.75 Å². The normalized spacial score (nSPS) is 25.9. The van der Waals surface area contributed by atoms with Crippen molar-refractivity contribution >= 4 is 11.8 Å². The number of nitrogens with zero attached hydrogens (tertiary/aromatic N) is 2. The zero-order valence-electron chi connectivity index (χ0n) is 20.7. The summed E-state index contributed by atoms with van der Waals surface area (Å²) < 4.78 is 11.1. The lowest BCUT2D eigenvalue weighted by Gasteiger charge is -2.25. The van der Waals surface area contributed by atoms with Gasteiger partial charge in [0.15, 0.2) is 0 Å². The third-order valence-corrected chi connectivity index (χ3v) is 8.38. The molecule has 3 saturated heterocycles. The smallest absolute Gasteiger partial charge is 0.254 e. The maximum absolute atomic E-state index is 13.3. The van der Waals surface area contributed by atoms with Crippen LogP contribution in [0.2, 0.25) is 0 Å². The maximum Gasteiger partial charge on any atom is 0.254 e. The minimum Gasteiger partial charge on any atom is -0.493 e. The van der Waals surface area contributed by atoms with Crippen LogP contribution >= 0.6 is 0 Å². The molecule has 1 N–H and O–H groups in total. The summed E-state index contributed by atoms with van der Waals surface area (Å²) in [7, 11) is 0. The van der Waals surface area contributed by atoms with E-state index in [2.05, 4.69) is 27.2 Å². The Morgan fingerprint density at radius 1 is 0.972 bits per heavy atom. The molecule has 7 nitrogen and oxygen atoms in total. The Balaban J connectivity index is 1.04. The number of benzene rings is 2. The SMILES string of the molecule is O=C(N[C@@H](CCN1CC2CN(C(=O)c3cccc4c3CCO4)CC2C1)c1ccccc1)C1CCOC1. The number of likely N-dealkylation sites (tertiary alicyclic amines) is 2. The Morgan fingerprint density at radius 2 is 1.78 bits per heavy atom. The van der Waals surface area contributed by atoms with Gasteiger partial charge in [-0.1, -0.05) is 36.4 Å². The fourth-order valence-electron chi connectivity index (χ4n) is 6.38. The molecular weight excluding hydrogens is 454 g/mol. The molecule has 4 atom stereocenters. The fourth-order valence-corrected chi connectivity index (χ4v) is 6.38. The van der Waals surface area contributed by atoms with Gasteiger partial charge in [-0.3, -0.25) is 9.59 Å². The van der Waals surface area contributed by atoms with Gasteiger partial charge in [-0.2, -0.15) is 0 Å². The first kappa shape index (κ1) is 23.5. The quantitative estimate of drug-likeness (QED) is 0.648. The van der Waals surface area contributed by atoms with E-state index < -0.39 is 0 Å². The van der Waals surface area contributed by atoms with Crippen molar-refractivity contribution in [3.8, 4) is 5.75 Å². The zero-order chi connectivity index (χ0) is 24.5. The largest absolute Gasteiger partial charge is 0.493 e. The lowest BCUT2D eigenvalue weighted by Crippen LogP contribution is -2.37. The van der Waals surface area contributed by atoms with E-state index in [9.17, 15) is 9.59 Å². The van der Waals surface area contributed by atoms with Gasteiger partial charge in [0.1, 0.15) is 5.75 Å². The van der Waals surface area contributed by atoms with Gasteiger partial charge in [-0.05, 0) is 42.4 Å². The van der Waals surface area contributed by atoms with Crippen LogP contribution in [0.3, 0.4) is 0 Å². The summed E-state index contributed by atoms with van der Waals surface area (Å²) in [6.07, 6.45) is 2.50. The number of fused-ring (bicyclic) bond motifs is 2. The fraction of sp³-hybridized carbons (Fsp3) is 0.517. The molecule has 0 radical (unpaired) electrons. The second kappa shape index (κ2) is 10.2. The highest BCUT2D eigenvalue weighted by Gasteiger charge is 2.42. The van der Waals surface area contributed by atoms with Crippen molar-refractivity contribution in [3.63, 3.8) is 0 Å². The minimum atomic E-state index is -0.0386. The molecule has 4 heterocycles. The summed E-state index contributed by atoms with van der Waals surface area (Å²) in [6, 6.07) is 16.1. The van der Waals surface area contributed by atoms with Crippen LogP contribution in [-0.4, -0.2) is 74.2 Å². The zero-order valence-corrected chi connectivity index (χ0v) is 20.7. The van der Waals surface area contributed by atoms with E-state index in [1.807, 2.05) is 36.4 Å². The molecular formula is C29H35N3O4. The number of ether oxygens (including phenoxy) is 2. The molecule has 36 heavy (non-hydrogen) atoms. The van der Waals surface area contributed by atoms with Crippen LogP contribution in [0.15, 0.2) is 48.5 Å². The van der Waals surface area contributed by atoms with E-state index in [4.69, 9.17) is 9.47 Å². The van der Waals surface area contributed by atoms with Gasteiger partial charge < -0.3 is 24.6 Å². The summed E-state index contributed by atoms with van der Waals surface area (Å²) >= 11 is 0. The molecule has 2 aromatic rings. The molecule has 0 aliphatic carbocycles. The first-order valence-electron chi connectivity index (χ1n) is 13.3. The van der Waals surface area contributed by atoms with Gasteiger partial charge in [0.2, 0.25) is 5.91 Å². The van der Waals surface area contributed by atoms with Crippen molar-refractivity contribution in [3.05, 3.63) is 65.2 Å². The molecule has 0 aromatic heterocycles. The Morgan fingerprint density at radius 3 is 2.53 bits per heavy atom. The van der Waals surface area contributed by atoms with Gasteiger partial charge in [-0.15, -0.1) is 0 Å².